The first-order chi connectivity index (χ1) is 18.0. The number of halogens is 2. The average molecular weight is 601 g/mol. The van der Waals surface area contributed by atoms with Crippen LogP contribution in [-0.2, 0) is 19.2 Å². The van der Waals surface area contributed by atoms with Gasteiger partial charge in [-0.15, -0.1) is 11.3 Å². The zero-order chi connectivity index (χ0) is 27.2. The highest BCUT2D eigenvalue weighted by molar-refractivity contribution is 7.84. The van der Waals surface area contributed by atoms with Crippen LogP contribution in [0.25, 0.3) is 0 Å². The number of rotatable bonds is 8. The molecule has 1 saturated carbocycles. The van der Waals surface area contributed by atoms with Crippen molar-refractivity contribution >= 4 is 56.4 Å². The van der Waals surface area contributed by atoms with Gasteiger partial charge in [0.1, 0.15) is 18.2 Å². The molecule has 15 heteroatoms. The summed E-state index contributed by atoms with van der Waals surface area (Å²) in [5, 5.41) is 29.1. The molecule has 202 valence electrons. The SMILES string of the molecule is NS(=O)(=O)OC[C@H]1C[C@@H](Nc2ncncc2C(=O)c2cc([C@H]3OC(O)c4ccc(Cl)cc43)c(Cl)s2)C[C@@H]1O. The first-order valence-electron chi connectivity index (χ1n) is 11.4. The number of carbonyl (C=O) groups excluding carboxylic acids is 1. The molecule has 1 aliphatic heterocycles. The van der Waals surface area contributed by atoms with Crippen molar-refractivity contribution in [2.45, 2.75) is 37.4 Å². The predicted octanol–water partition coefficient (Wildman–Crippen LogP) is 2.96. The van der Waals surface area contributed by atoms with Gasteiger partial charge in [0.25, 0.3) is 0 Å². The average Bonchev–Trinajstić information content (AvgIpc) is 3.51. The maximum absolute atomic E-state index is 13.5. The molecule has 0 amide bonds. The molecule has 5 N–H and O–H groups in total. The summed E-state index contributed by atoms with van der Waals surface area (Å²) in [7, 11) is -4.13. The Labute approximate surface area is 231 Å². The van der Waals surface area contributed by atoms with E-state index >= 15 is 0 Å². The second-order valence-corrected chi connectivity index (χ2v) is 12.3. The number of aromatic nitrogens is 2. The van der Waals surface area contributed by atoms with Crippen LogP contribution in [-0.4, -0.2) is 53.1 Å². The molecule has 2 aliphatic rings. The van der Waals surface area contributed by atoms with E-state index in [0.717, 1.165) is 11.3 Å². The van der Waals surface area contributed by atoms with Crippen molar-refractivity contribution in [3.05, 3.63) is 73.3 Å². The van der Waals surface area contributed by atoms with Gasteiger partial charge >= 0.3 is 10.3 Å². The quantitative estimate of drug-likeness (QED) is 0.281. The van der Waals surface area contributed by atoms with Crippen molar-refractivity contribution in [1.29, 1.82) is 0 Å². The van der Waals surface area contributed by atoms with Crippen molar-refractivity contribution in [3.63, 3.8) is 0 Å². The molecule has 1 fully saturated rings. The summed E-state index contributed by atoms with van der Waals surface area (Å²) in [6.45, 7) is -0.253. The second kappa shape index (κ2) is 10.8. The van der Waals surface area contributed by atoms with Crippen LogP contribution in [0.5, 0.6) is 0 Å². The number of nitrogens with one attached hydrogen (secondary N) is 1. The van der Waals surface area contributed by atoms with Crippen LogP contribution < -0.4 is 10.5 Å². The van der Waals surface area contributed by atoms with Crippen LogP contribution in [0.15, 0.2) is 36.8 Å². The number of anilines is 1. The minimum absolute atomic E-state index is 0.187. The minimum atomic E-state index is -4.13. The number of benzene rings is 1. The summed E-state index contributed by atoms with van der Waals surface area (Å²) in [4.78, 5) is 22.0. The number of nitrogens with zero attached hydrogens (tertiary/aromatic N) is 2. The molecule has 5 rings (SSSR count). The van der Waals surface area contributed by atoms with Gasteiger partial charge in [0.2, 0.25) is 5.78 Å². The number of fused-ring (bicyclic) bond motifs is 1. The van der Waals surface area contributed by atoms with Gasteiger partial charge in [0.05, 0.1) is 27.5 Å². The molecule has 1 unspecified atom stereocenters. The largest absolute Gasteiger partial charge is 0.393 e. The molecular weight excluding hydrogens is 579 g/mol. The number of ether oxygens (including phenoxy) is 1. The van der Waals surface area contributed by atoms with Crippen LogP contribution in [0.4, 0.5) is 5.82 Å². The second-order valence-electron chi connectivity index (χ2n) is 9.01. The molecule has 2 aromatic heterocycles. The fourth-order valence-corrected chi connectivity index (χ4v) is 6.52. The number of hydrogen-bond acceptors (Lipinski definition) is 11. The summed E-state index contributed by atoms with van der Waals surface area (Å²) in [6, 6.07) is 6.33. The van der Waals surface area contributed by atoms with Gasteiger partial charge in [-0.05, 0) is 36.6 Å². The van der Waals surface area contributed by atoms with E-state index in [1.807, 2.05) is 0 Å². The maximum atomic E-state index is 13.5. The zero-order valence-corrected chi connectivity index (χ0v) is 22.6. The van der Waals surface area contributed by atoms with Crippen LogP contribution in [0.2, 0.25) is 9.36 Å². The van der Waals surface area contributed by atoms with Crippen LogP contribution in [0.3, 0.4) is 0 Å². The topological polar surface area (TPSA) is 174 Å². The maximum Gasteiger partial charge on any atom is 0.333 e. The lowest BCUT2D eigenvalue weighted by atomic mass is 10.0. The standard InChI is InChI=1S/C23H22Cl2N4O7S2/c24-11-1-2-13-14(4-11)20(36-23(13)32)15-6-18(37-21(15)25)19(31)16-7-27-9-28-22(16)29-12-3-10(17(30)5-12)8-35-38(26,33)34/h1-2,4,6-7,9-10,12,17,20,23,30,32H,3,5,8H2,(H2,26,33,34)(H,27,28,29)/t10-,12-,17+,20+,23?/m1/s1. The number of carbonyl (C=O) groups is 1. The third kappa shape index (κ3) is 5.71. The molecule has 0 bridgehead atoms. The lowest BCUT2D eigenvalue weighted by Gasteiger charge is -2.15. The molecule has 11 nitrogen and oxygen atoms in total. The third-order valence-corrected chi connectivity index (χ3v) is 8.57. The Balaban J connectivity index is 1.35. The van der Waals surface area contributed by atoms with Gasteiger partial charge in [0.15, 0.2) is 6.29 Å². The predicted molar refractivity (Wildman–Crippen MR) is 139 cm³/mol. The first-order valence-corrected chi connectivity index (χ1v) is 14.4. The molecule has 3 heterocycles. The fourth-order valence-electron chi connectivity index (χ4n) is 4.71. The van der Waals surface area contributed by atoms with E-state index in [4.69, 9.17) is 33.1 Å². The van der Waals surface area contributed by atoms with E-state index in [0.29, 0.717) is 37.3 Å². The first kappa shape index (κ1) is 27.4. The summed E-state index contributed by atoms with van der Waals surface area (Å²) in [5.41, 5.74) is 1.94. The van der Waals surface area contributed by atoms with E-state index in [2.05, 4.69) is 19.5 Å². The third-order valence-electron chi connectivity index (χ3n) is 6.48. The molecule has 1 aliphatic carbocycles. The Bertz CT molecular complexity index is 1490. The lowest BCUT2D eigenvalue weighted by molar-refractivity contribution is -0.108. The lowest BCUT2D eigenvalue weighted by Crippen LogP contribution is -2.24. The van der Waals surface area contributed by atoms with Crippen molar-refractivity contribution in [2.24, 2.45) is 11.1 Å². The number of hydrogen-bond donors (Lipinski definition) is 4. The fraction of sp³-hybridized carbons (Fsp3) is 0.348. The van der Waals surface area contributed by atoms with Crippen molar-refractivity contribution in [2.75, 3.05) is 11.9 Å². The molecule has 0 saturated heterocycles. The van der Waals surface area contributed by atoms with E-state index in [1.165, 1.54) is 12.5 Å². The molecule has 1 aromatic carbocycles. The van der Waals surface area contributed by atoms with Gasteiger partial charge in [-0.25, -0.2) is 15.1 Å². The Hall–Kier alpha value is -2.20. The highest BCUT2D eigenvalue weighted by Crippen LogP contribution is 2.46. The van der Waals surface area contributed by atoms with Crippen LogP contribution in [0, 0.1) is 5.92 Å². The Morgan fingerprint density at radius 3 is 2.76 bits per heavy atom. The number of aliphatic hydroxyl groups excluding tert-OH is 2. The number of aliphatic hydroxyl groups is 2. The Morgan fingerprint density at radius 2 is 2.00 bits per heavy atom. The van der Waals surface area contributed by atoms with Gasteiger partial charge in [0, 0.05) is 34.3 Å². The van der Waals surface area contributed by atoms with Crippen LogP contribution in [0.1, 0.15) is 57.2 Å². The molecule has 3 aromatic rings. The summed E-state index contributed by atoms with van der Waals surface area (Å²) < 4.78 is 32.9. The highest BCUT2D eigenvalue weighted by Gasteiger charge is 2.36. The molecule has 5 atom stereocenters. The smallest absolute Gasteiger partial charge is 0.333 e. The van der Waals surface area contributed by atoms with Crippen LogP contribution >= 0.6 is 34.5 Å². The zero-order valence-electron chi connectivity index (χ0n) is 19.5. The highest BCUT2D eigenvalue weighted by atomic mass is 35.5. The molecule has 38 heavy (non-hydrogen) atoms. The molecular formula is C23H22Cl2N4O7S2. The van der Waals surface area contributed by atoms with E-state index in [9.17, 15) is 23.4 Å². The molecule has 0 spiro atoms. The van der Waals surface area contributed by atoms with E-state index < -0.39 is 34.7 Å². The summed E-state index contributed by atoms with van der Waals surface area (Å²) in [5.74, 6) is -0.599. The Kier molecular flexibility index (Phi) is 7.75. The van der Waals surface area contributed by atoms with E-state index in [1.54, 1.807) is 24.3 Å². The number of thiophene rings is 1. The van der Waals surface area contributed by atoms with Gasteiger partial charge in [-0.1, -0.05) is 29.3 Å². The summed E-state index contributed by atoms with van der Waals surface area (Å²) in [6.07, 6.45) is 0.635. The van der Waals surface area contributed by atoms with Gasteiger partial charge in [-0.2, -0.15) is 8.42 Å². The number of nitrogens with two attached hydrogens (primary N) is 1. The van der Waals surface area contributed by atoms with Crippen molar-refractivity contribution in [1.82, 2.24) is 9.97 Å². The Morgan fingerprint density at radius 1 is 1.21 bits per heavy atom. The van der Waals surface area contributed by atoms with E-state index in [-0.39, 0.29) is 36.2 Å². The van der Waals surface area contributed by atoms with Crippen molar-refractivity contribution in [3.8, 4) is 0 Å². The van der Waals surface area contributed by atoms with Gasteiger partial charge < -0.3 is 20.3 Å². The summed E-state index contributed by atoms with van der Waals surface area (Å²) >= 11 is 13.7. The molecule has 0 radical (unpaired) electrons. The minimum Gasteiger partial charge on any atom is -0.393 e. The normalized spacial score (nSPS) is 24.9. The van der Waals surface area contributed by atoms with Crippen molar-refractivity contribution < 1.29 is 32.3 Å². The number of ketones is 1. The monoisotopic (exact) mass is 600 g/mol. The van der Waals surface area contributed by atoms with Gasteiger partial charge in [-0.3, -0.25) is 8.98 Å².